The minimum atomic E-state index is -4.33. The molecule has 296 valence electrons. The van der Waals surface area contributed by atoms with E-state index in [4.69, 9.17) is 9.05 Å². The highest BCUT2D eigenvalue weighted by molar-refractivity contribution is 7.47. The van der Waals surface area contributed by atoms with Gasteiger partial charge in [0.15, 0.2) is 0 Å². The number of nitrogens with one attached hydrogen (secondary N) is 1. The van der Waals surface area contributed by atoms with Gasteiger partial charge in [0.05, 0.1) is 39.9 Å². The molecule has 0 rings (SSSR count). The number of phosphoric ester groups is 1. The SMILES string of the molecule is CCCCCCCC/C=C\CCCCCC(=O)NC(COP(=O)(O)OCC[N+](C)(C)C)C(O)/C=C/CCCCCCCCCCCCCCC. The number of unbranched alkanes of at least 4 members (excludes halogenated alkanes) is 22. The summed E-state index contributed by atoms with van der Waals surface area (Å²) in [4.78, 5) is 23.0. The van der Waals surface area contributed by atoms with E-state index in [2.05, 4.69) is 31.3 Å². The third kappa shape index (κ3) is 35.4. The maximum atomic E-state index is 12.8. The van der Waals surface area contributed by atoms with Gasteiger partial charge in [-0.1, -0.05) is 154 Å². The summed E-state index contributed by atoms with van der Waals surface area (Å²) >= 11 is 0. The van der Waals surface area contributed by atoms with E-state index in [9.17, 15) is 19.4 Å². The lowest BCUT2D eigenvalue weighted by atomic mass is 10.0. The smallest absolute Gasteiger partial charge is 0.387 e. The number of aliphatic hydroxyl groups excluding tert-OH is 1. The predicted octanol–water partition coefficient (Wildman–Crippen LogP) is 11.0. The number of likely N-dealkylation sites (N-methyl/N-ethyl adjacent to an activating group) is 1. The van der Waals surface area contributed by atoms with Crippen LogP contribution in [0.1, 0.15) is 181 Å². The van der Waals surface area contributed by atoms with Gasteiger partial charge < -0.3 is 19.8 Å². The Bertz CT molecular complexity index is 876. The Kier molecular flexibility index (Phi) is 33.1. The van der Waals surface area contributed by atoms with E-state index in [-0.39, 0.29) is 19.1 Å². The first-order chi connectivity index (χ1) is 24.0. The van der Waals surface area contributed by atoms with Crippen LogP contribution >= 0.6 is 7.82 Å². The van der Waals surface area contributed by atoms with E-state index < -0.39 is 20.0 Å². The van der Waals surface area contributed by atoms with Crippen LogP contribution in [0, 0.1) is 0 Å². The molecule has 3 N–H and O–H groups in total. The van der Waals surface area contributed by atoms with Crippen LogP contribution in [-0.2, 0) is 18.4 Å². The average Bonchev–Trinajstić information content (AvgIpc) is 3.06. The Morgan fingerprint density at radius 1 is 0.660 bits per heavy atom. The van der Waals surface area contributed by atoms with Gasteiger partial charge in [-0.15, -0.1) is 0 Å². The van der Waals surface area contributed by atoms with Crippen molar-refractivity contribution in [2.45, 2.75) is 193 Å². The van der Waals surface area contributed by atoms with Gasteiger partial charge in [-0.2, -0.15) is 0 Å². The number of carbonyl (C=O) groups is 1. The highest BCUT2D eigenvalue weighted by Crippen LogP contribution is 2.43. The summed E-state index contributed by atoms with van der Waals surface area (Å²) in [5.74, 6) is -0.195. The van der Waals surface area contributed by atoms with Gasteiger partial charge in [0.2, 0.25) is 5.91 Å². The largest absolute Gasteiger partial charge is 0.472 e. The molecular weight excluding hydrogens is 647 g/mol. The topological polar surface area (TPSA) is 105 Å². The highest BCUT2D eigenvalue weighted by atomic mass is 31.2. The minimum Gasteiger partial charge on any atom is -0.387 e. The van der Waals surface area contributed by atoms with Gasteiger partial charge in [-0.3, -0.25) is 13.8 Å². The molecule has 0 saturated heterocycles. The monoisotopic (exact) mass is 730 g/mol. The number of hydrogen-bond donors (Lipinski definition) is 3. The molecule has 8 nitrogen and oxygen atoms in total. The Morgan fingerprint density at radius 2 is 1.08 bits per heavy atom. The van der Waals surface area contributed by atoms with E-state index in [1.54, 1.807) is 6.08 Å². The zero-order chi connectivity index (χ0) is 37.2. The quantitative estimate of drug-likeness (QED) is 0.0254. The molecular formula is C41H82N2O6P+. The average molecular weight is 730 g/mol. The summed E-state index contributed by atoms with van der Waals surface area (Å²) in [7, 11) is 1.56. The van der Waals surface area contributed by atoms with E-state index in [1.807, 2.05) is 27.2 Å². The Hall–Kier alpha value is -1.02. The molecule has 0 aromatic heterocycles. The summed E-state index contributed by atoms with van der Waals surface area (Å²) in [5, 5.41) is 13.8. The van der Waals surface area contributed by atoms with Crippen LogP contribution in [-0.4, -0.2) is 73.4 Å². The van der Waals surface area contributed by atoms with Crippen molar-refractivity contribution in [3.05, 3.63) is 24.3 Å². The normalized spacial score (nSPS) is 14.8. The molecule has 3 unspecified atom stereocenters. The highest BCUT2D eigenvalue weighted by Gasteiger charge is 2.27. The molecule has 0 saturated carbocycles. The fraction of sp³-hybridized carbons (Fsp3) is 0.878. The molecule has 0 aromatic carbocycles. The summed E-state index contributed by atoms with van der Waals surface area (Å²) in [5.41, 5.74) is 0. The van der Waals surface area contributed by atoms with Crippen LogP contribution in [0.4, 0.5) is 0 Å². The number of rotatable bonds is 37. The van der Waals surface area contributed by atoms with Crippen molar-refractivity contribution in [2.75, 3.05) is 40.9 Å². The van der Waals surface area contributed by atoms with Crippen LogP contribution in [0.15, 0.2) is 24.3 Å². The molecule has 0 heterocycles. The van der Waals surface area contributed by atoms with Gasteiger partial charge in [0, 0.05) is 6.42 Å². The molecule has 50 heavy (non-hydrogen) atoms. The molecule has 9 heteroatoms. The zero-order valence-electron chi connectivity index (χ0n) is 33.4. The van der Waals surface area contributed by atoms with Crippen molar-refractivity contribution in [3.8, 4) is 0 Å². The minimum absolute atomic E-state index is 0.0596. The Labute approximate surface area is 309 Å². The fourth-order valence-corrected chi connectivity index (χ4v) is 6.53. The molecule has 0 spiro atoms. The van der Waals surface area contributed by atoms with E-state index >= 15 is 0 Å². The lowest BCUT2D eigenvalue weighted by molar-refractivity contribution is -0.870. The molecule has 0 bridgehead atoms. The number of nitrogens with zero attached hydrogens (tertiary/aromatic N) is 1. The molecule has 0 fully saturated rings. The fourth-order valence-electron chi connectivity index (χ4n) is 5.80. The van der Waals surface area contributed by atoms with Crippen molar-refractivity contribution < 1.29 is 32.9 Å². The van der Waals surface area contributed by atoms with E-state index in [0.29, 0.717) is 17.4 Å². The van der Waals surface area contributed by atoms with Crippen molar-refractivity contribution >= 4 is 13.7 Å². The lowest BCUT2D eigenvalue weighted by Gasteiger charge is -2.25. The molecule has 0 aliphatic carbocycles. The third-order valence-corrected chi connectivity index (χ3v) is 10.1. The number of aliphatic hydroxyl groups is 1. The van der Waals surface area contributed by atoms with Crippen LogP contribution in [0.3, 0.4) is 0 Å². The second kappa shape index (κ2) is 33.8. The molecule has 0 aliphatic heterocycles. The predicted molar refractivity (Wildman–Crippen MR) is 212 cm³/mol. The summed E-state index contributed by atoms with van der Waals surface area (Å²) < 4.78 is 23.5. The number of hydrogen-bond acceptors (Lipinski definition) is 5. The van der Waals surface area contributed by atoms with Crippen molar-refractivity contribution in [3.63, 3.8) is 0 Å². The first kappa shape index (κ1) is 49.0. The van der Waals surface area contributed by atoms with Crippen LogP contribution in [0.2, 0.25) is 0 Å². The first-order valence-corrected chi connectivity index (χ1v) is 22.2. The molecule has 0 aliphatic rings. The van der Waals surface area contributed by atoms with Gasteiger partial charge in [-0.25, -0.2) is 4.57 Å². The number of amides is 1. The van der Waals surface area contributed by atoms with Crippen molar-refractivity contribution in [2.24, 2.45) is 0 Å². The first-order valence-electron chi connectivity index (χ1n) is 20.7. The summed E-state index contributed by atoms with van der Waals surface area (Å²) in [6, 6.07) is -0.849. The van der Waals surface area contributed by atoms with Crippen molar-refractivity contribution in [1.29, 1.82) is 0 Å². The summed E-state index contributed by atoms with van der Waals surface area (Å²) in [6.07, 6.45) is 38.1. The van der Waals surface area contributed by atoms with Gasteiger partial charge >= 0.3 is 7.82 Å². The molecule has 3 atom stereocenters. The second-order valence-corrected chi connectivity index (χ2v) is 16.8. The third-order valence-electron chi connectivity index (χ3n) is 9.17. The van der Waals surface area contributed by atoms with E-state index in [0.717, 1.165) is 51.4 Å². The number of phosphoric acid groups is 1. The zero-order valence-corrected chi connectivity index (χ0v) is 34.3. The molecule has 1 amide bonds. The summed E-state index contributed by atoms with van der Waals surface area (Å²) in [6.45, 7) is 4.78. The Balaban J connectivity index is 4.51. The number of quaternary nitrogens is 1. The number of carbonyl (C=O) groups excluding carboxylic acids is 1. The van der Waals surface area contributed by atoms with Gasteiger partial charge in [0.25, 0.3) is 0 Å². The maximum absolute atomic E-state index is 12.8. The number of allylic oxidation sites excluding steroid dienone is 3. The molecule has 0 aromatic rings. The lowest BCUT2D eigenvalue weighted by Crippen LogP contribution is -2.45. The Morgan fingerprint density at radius 3 is 1.54 bits per heavy atom. The molecule has 0 radical (unpaired) electrons. The standard InChI is InChI=1S/C41H81N2O6P/c1-6-8-10-12-14-16-18-20-21-23-24-26-28-30-32-34-40(44)39(38-49-50(46,47)48-37-36-43(3,4)5)42-41(45)35-33-31-29-27-25-22-19-17-15-13-11-9-7-2/h22,25,32,34,39-40,44H,6-21,23-24,26-31,33,35-38H2,1-5H3,(H-,42,45,46,47)/p+1/b25-22-,34-32+. The van der Waals surface area contributed by atoms with Crippen molar-refractivity contribution in [1.82, 2.24) is 5.32 Å². The maximum Gasteiger partial charge on any atom is 0.472 e. The van der Waals surface area contributed by atoms with E-state index in [1.165, 1.54) is 109 Å². The van der Waals surface area contributed by atoms with Gasteiger partial charge in [-0.05, 0) is 44.9 Å². The van der Waals surface area contributed by atoms with Crippen LogP contribution in [0.5, 0.6) is 0 Å². The van der Waals surface area contributed by atoms with Gasteiger partial charge in [0.1, 0.15) is 13.2 Å². The van der Waals surface area contributed by atoms with Crippen LogP contribution in [0.25, 0.3) is 0 Å². The second-order valence-electron chi connectivity index (χ2n) is 15.4. The van der Waals surface area contributed by atoms with Crippen LogP contribution < -0.4 is 5.32 Å².